The minimum Gasteiger partial charge on any atom is -0.369 e. The van der Waals surface area contributed by atoms with E-state index in [1.807, 2.05) is 0 Å². The fourth-order valence-corrected chi connectivity index (χ4v) is 4.05. The molecule has 0 aliphatic heterocycles. The maximum atomic E-state index is 11.4. The lowest BCUT2D eigenvalue weighted by Gasteiger charge is -2.20. The summed E-state index contributed by atoms with van der Waals surface area (Å²) in [5.74, 6) is 0.951. The van der Waals surface area contributed by atoms with Crippen LogP contribution in [0, 0.1) is 5.92 Å². The minimum absolute atomic E-state index is 0.0189. The van der Waals surface area contributed by atoms with Gasteiger partial charge in [-0.2, -0.15) is 0 Å². The zero-order valence-corrected chi connectivity index (χ0v) is 13.7. The highest BCUT2D eigenvalue weighted by atomic mass is 35.5. The van der Waals surface area contributed by atoms with Crippen molar-refractivity contribution in [1.82, 2.24) is 19.7 Å². The van der Waals surface area contributed by atoms with E-state index in [9.17, 15) is 8.42 Å². The van der Waals surface area contributed by atoms with E-state index >= 15 is 0 Å². The SMILES string of the molecule is CS(=O)(=O)NC1CCCC1CNc1ncnc2[nH]c(Cl)cc12. The lowest BCUT2D eigenvalue weighted by molar-refractivity contribution is 0.463. The number of hydrogen-bond acceptors (Lipinski definition) is 5. The maximum Gasteiger partial charge on any atom is 0.208 e. The summed E-state index contributed by atoms with van der Waals surface area (Å²) in [6.45, 7) is 0.655. The van der Waals surface area contributed by atoms with E-state index in [0.29, 0.717) is 23.2 Å². The highest BCUT2D eigenvalue weighted by molar-refractivity contribution is 7.88. The molecule has 22 heavy (non-hydrogen) atoms. The second-order valence-electron chi connectivity index (χ2n) is 5.67. The number of rotatable bonds is 5. The highest BCUT2D eigenvalue weighted by Crippen LogP contribution is 2.28. The van der Waals surface area contributed by atoms with Crippen LogP contribution in [0.4, 0.5) is 5.82 Å². The quantitative estimate of drug-likeness (QED) is 0.768. The van der Waals surface area contributed by atoms with Gasteiger partial charge in [0.05, 0.1) is 11.6 Å². The molecule has 1 aliphatic carbocycles. The Morgan fingerprint density at radius 2 is 2.23 bits per heavy atom. The number of aromatic amines is 1. The van der Waals surface area contributed by atoms with Crippen LogP contribution in [0.2, 0.25) is 5.15 Å². The summed E-state index contributed by atoms with van der Waals surface area (Å²) in [6.07, 6.45) is 5.55. The van der Waals surface area contributed by atoms with Gasteiger partial charge in [0, 0.05) is 12.6 Å². The molecule has 0 radical (unpaired) electrons. The van der Waals surface area contributed by atoms with Gasteiger partial charge in [0.2, 0.25) is 10.0 Å². The molecule has 120 valence electrons. The summed E-state index contributed by atoms with van der Waals surface area (Å²) < 4.78 is 25.5. The first-order chi connectivity index (χ1) is 10.4. The van der Waals surface area contributed by atoms with Gasteiger partial charge in [0.1, 0.15) is 22.9 Å². The standard InChI is InChI=1S/C13H18ClN5O2S/c1-22(20,21)19-10-4-2-3-8(10)6-15-12-9-5-11(14)18-13(9)17-7-16-12/h5,7-8,10,19H,2-4,6H2,1H3,(H2,15,16,17,18). The summed E-state index contributed by atoms with van der Waals surface area (Å²) in [5.41, 5.74) is 0.680. The molecule has 7 nitrogen and oxygen atoms in total. The number of H-pyrrole nitrogens is 1. The van der Waals surface area contributed by atoms with Crippen molar-refractivity contribution in [3.05, 3.63) is 17.5 Å². The van der Waals surface area contributed by atoms with Crippen LogP contribution < -0.4 is 10.0 Å². The normalized spacial score (nSPS) is 22.3. The van der Waals surface area contributed by atoms with E-state index in [1.165, 1.54) is 12.6 Å². The summed E-state index contributed by atoms with van der Waals surface area (Å²) in [4.78, 5) is 11.3. The lowest BCUT2D eigenvalue weighted by atomic mass is 10.0. The van der Waals surface area contributed by atoms with Gasteiger partial charge < -0.3 is 10.3 Å². The first-order valence-electron chi connectivity index (χ1n) is 7.13. The van der Waals surface area contributed by atoms with E-state index in [4.69, 9.17) is 11.6 Å². The van der Waals surface area contributed by atoms with Crippen molar-refractivity contribution >= 4 is 38.5 Å². The van der Waals surface area contributed by atoms with E-state index in [-0.39, 0.29) is 12.0 Å². The molecule has 2 aromatic rings. The number of halogens is 1. The monoisotopic (exact) mass is 343 g/mol. The molecule has 0 amide bonds. The predicted octanol–water partition coefficient (Wildman–Crippen LogP) is 1.74. The summed E-state index contributed by atoms with van der Waals surface area (Å²) in [7, 11) is -3.18. The predicted molar refractivity (Wildman–Crippen MR) is 86.5 cm³/mol. The Morgan fingerprint density at radius 1 is 1.41 bits per heavy atom. The molecule has 0 spiro atoms. The number of sulfonamides is 1. The Balaban J connectivity index is 1.71. The van der Waals surface area contributed by atoms with Gasteiger partial charge in [-0.25, -0.2) is 23.1 Å². The van der Waals surface area contributed by atoms with Gasteiger partial charge in [0.25, 0.3) is 0 Å². The third kappa shape index (κ3) is 3.50. The molecular formula is C13H18ClN5O2S. The molecule has 1 fully saturated rings. The van der Waals surface area contributed by atoms with Crippen LogP contribution in [0.1, 0.15) is 19.3 Å². The molecule has 0 bridgehead atoms. The molecule has 2 heterocycles. The fourth-order valence-electron chi connectivity index (χ4n) is 2.99. The fraction of sp³-hybridized carbons (Fsp3) is 0.538. The van der Waals surface area contributed by atoms with Crippen molar-refractivity contribution < 1.29 is 8.42 Å². The van der Waals surface area contributed by atoms with Crippen molar-refractivity contribution in [2.75, 3.05) is 18.1 Å². The lowest BCUT2D eigenvalue weighted by Crippen LogP contribution is -2.39. The number of aromatic nitrogens is 3. The second-order valence-corrected chi connectivity index (χ2v) is 7.86. The highest BCUT2D eigenvalue weighted by Gasteiger charge is 2.29. The van der Waals surface area contributed by atoms with Gasteiger partial charge in [-0.1, -0.05) is 18.0 Å². The Morgan fingerprint density at radius 3 is 3.00 bits per heavy atom. The summed E-state index contributed by atoms with van der Waals surface area (Å²) >= 11 is 5.95. The van der Waals surface area contributed by atoms with Crippen LogP contribution in [0.3, 0.4) is 0 Å². The summed E-state index contributed by atoms with van der Waals surface area (Å²) in [6, 6.07) is 1.76. The average Bonchev–Trinajstić information content (AvgIpc) is 3.00. The van der Waals surface area contributed by atoms with Crippen molar-refractivity contribution in [1.29, 1.82) is 0 Å². The molecule has 2 unspecified atom stereocenters. The van der Waals surface area contributed by atoms with Gasteiger partial charge in [-0.05, 0) is 24.8 Å². The number of nitrogens with one attached hydrogen (secondary N) is 3. The van der Waals surface area contributed by atoms with Gasteiger partial charge in [-0.3, -0.25) is 0 Å². The molecule has 1 saturated carbocycles. The Labute approximate surface area is 133 Å². The van der Waals surface area contributed by atoms with Crippen molar-refractivity contribution in [2.45, 2.75) is 25.3 Å². The third-order valence-corrected chi connectivity index (χ3v) is 4.88. The molecule has 3 rings (SSSR count). The van der Waals surface area contributed by atoms with Gasteiger partial charge in [0.15, 0.2) is 0 Å². The van der Waals surface area contributed by atoms with E-state index < -0.39 is 10.0 Å². The van der Waals surface area contributed by atoms with Gasteiger partial charge in [-0.15, -0.1) is 0 Å². The Kier molecular flexibility index (Phi) is 4.24. The first-order valence-corrected chi connectivity index (χ1v) is 9.40. The van der Waals surface area contributed by atoms with Crippen LogP contribution in [0.25, 0.3) is 11.0 Å². The smallest absolute Gasteiger partial charge is 0.208 e. The van der Waals surface area contributed by atoms with E-state index in [2.05, 4.69) is 25.0 Å². The topological polar surface area (TPSA) is 99.8 Å². The second kappa shape index (κ2) is 6.02. The molecule has 0 aromatic carbocycles. The van der Waals surface area contributed by atoms with Crippen LogP contribution in [0.5, 0.6) is 0 Å². The Bertz CT molecular complexity index is 776. The number of nitrogens with zero attached hydrogens (tertiary/aromatic N) is 2. The van der Waals surface area contributed by atoms with Crippen molar-refractivity contribution in [3.63, 3.8) is 0 Å². The molecule has 3 N–H and O–H groups in total. The molecule has 1 aliphatic rings. The molecule has 2 atom stereocenters. The van der Waals surface area contributed by atoms with Gasteiger partial charge >= 0.3 is 0 Å². The van der Waals surface area contributed by atoms with E-state index in [1.54, 1.807) is 6.07 Å². The zero-order valence-electron chi connectivity index (χ0n) is 12.1. The van der Waals surface area contributed by atoms with Crippen LogP contribution in [-0.2, 0) is 10.0 Å². The molecule has 2 aromatic heterocycles. The van der Waals surface area contributed by atoms with E-state index in [0.717, 1.165) is 24.6 Å². The molecular weight excluding hydrogens is 326 g/mol. The largest absolute Gasteiger partial charge is 0.369 e. The number of hydrogen-bond donors (Lipinski definition) is 3. The average molecular weight is 344 g/mol. The zero-order chi connectivity index (χ0) is 15.7. The molecule has 9 heteroatoms. The third-order valence-electron chi connectivity index (χ3n) is 3.95. The van der Waals surface area contributed by atoms with Crippen LogP contribution in [0.15, 0.2) is 12.4 Å². The Hall–Kier alpha value is -1.38. The number of fused-ring (bicyclic) bond motifs is 1. The minimum atomic E-state index is -3.18. The molecule has 0 saturated heterocycles. The maximum absolute atomic E-state index is 11.4. The van der Waals surface area contributed by atoms with Crippen LogP contribution >= 0.6 is 11.6 Å². The van der Waals surface area contributed by atoms with Crippen molar-refractivity contribution in [2.24, 2.45) is 5.92 Å². The summed E-state index contributed by atoms with van der Waals surface area (Å²) in [5, 5.41) is 4.64. The van der Waals surface area contributed by atoms with Crippen molar-refractivity contribution in [3.8, 4) is 0 Å². The van der Waals surface area contributed by atoms with Crippen LogP contribution in [-0.4, -0.2) is 42.2 Å². The number of anilines is 1. The first kappa shape index (κ1) is 15.5.